The maximum Gasteiger partial charge on any atom is 0.351 e. The summed E-state index contributed by atoms with van der Waals surface area (Å²) in [7, 11) is -5.70. The highest BCUT2D eigenvalue weighted by atomic mass is 31.2. The van der Waals surface area contributed by atoms with Gasteiger partial charge in [-0.25, -0.2) is 4.79 Å². The van der Waals surface area contributed by atoms with Crippen molar-refractivity contribution in [1.29, 1.82) is 0 Å². The molecule has 0 bridgehead atoms. The summed E-state index contributed by atoms with van der Waals surface area (Å²) in [6.45, 7) is -2.11. The largest absolute Gasteiger partial charge is 0.756 e. The number of nitrogen functional groups attached to an aromatic ring is 1. The molecule has 3 rings (SSSR count). The van der Waals surface area contributed by atoms with Crippen LogP contribution in [-0.2, 0) is 27.9 Å². The molecular weight excluding hydrogens is 517 g/mol. The predicted octanol–water partition coefficient (Wildman–Crippen LogP) is -6.74. The lowest BCUT2D eigenvalue weighted by molar-refractivity contribution is -0.382. The molecule has 1 unspecified atom stereocenters. The van der Waals surface area contributed by atoms with E-state index in [2.05, 4.69) is 14.0 Å². The number of phosphoric ester groups is 1. The van der Waals surface area contributed by atoms with E-state index in [1.54, 1.807) is 0 Å². The fraction of sp³-hybridized carbons (Fsp3) is 0.706. The smallest absolute Gasteiger partial charge is 0.351 e. The summed E-state index contributed by atoms with van der Waals surface area (Å²) in [6, 6.07) is 1.20. The van der Waals surface area contributed by atoms with Crippen LogP contribution in [0.2, 0.25) is 0 Å². The fourth-order valence-electron chi connectivity index (χ4n) is 3.68. The summed E-state index contributed by atoms with van der Waals surface area (Å²) in [5.74, 6) is -5.74. The minimum absolute atomic E-state index is 0.133. The number of aliphatic hydroxyl groups is 6. The molecule has 0 aliphatic carbocycles. The van der Waals surface area contributed by atoms with Crippen molar-refractivity contribution in [2.24, 2.45) is 0 Å². The second-order valence-corrected chi connectivity index (χ2v) is 9.39. The van der Waals surface area contributed by atoms with E-state index >= 15 is 0 Å². The van der Waals surface area contributed by atoms with E-state index in [1.807, 2.05) is 0 Å². The van der Waals surface area contributed by atoms with E-state index in [1.165, 1.54) is 6.07 Å². The van der Waals surface area contributed by atoms with Gasteiger partial charge in [0.1, 0.15) is 48.4 Å². The predicted molar refractivity (Wildman–Crippen MR) is 106 cm³/mol. The normalized spacial score (nSPS) is 37.4. The highest BCUT2D eigenvalue weighted by Gasteiger charge is 2.52. The van der Waals surface area contributed by atoms with Crippen LogP contribution in [0.5, 0.6) is 0 Å². The molecule has 0 aromatic carbocycles. The van der Waals surface area contributed by atoms with Gasteiger partial charge in [-0.15, -0.1) is 0 Å². The average Bonchev–Trinajstić information content (AvgIpc) is 3.07. The van der Waals surface area contributed by atoms with Gasteiger partial charge in [0.25, 0.3) is 7.82 Å². The van der Waals surface area contributed by atoms with E-state index < -0.39 is 93.9 Å². The second-order valence-electron chi connectivity index (χ2n) is 8.06. The molecule has 0 spiro atoms. The summed E-state index contributed by atoms with van der Waals surface area (Å²) in [5.41, 5.74) is 4.43. The lowest BCUT2D eigenvalue weighted by atomic mass is 9.93. The number of nitrogens with zero attached hydrogens (tertiary/aromatic N) is 2. The van der Waals surface area contributed by atoms with Gasteiger partial charge in [-0.3, -0.25) is 13.7 Å². The Hall–Kier alpha value is -2.06. The number of hydrogen-bond acceptors (Lipinski definition) is 17. The van der Waals surface area contributed by atoms with Crippen LogP contribution in [0.3, 0.4) is 0 Å². The molecule has 18 nitrogen and oxygen atoms in total. The van der Waals surface area contributed by atoms with E-state index in [9.17, 15) is 49.7 Å². The van der Waals surface area contributed by atoms with E-state index in [-0.39, 0.29) is 5.82 Å². The van der Waals surface area contributed by atoms with Crippen LogP contribution in [0.4, 0.5) is 5.82 Å². The number of carbonyl (C=O) groups excluding carboxylic acids is 1. The van der Waals surface area contributed by atoms with E-state index in [0.29, 0.717) is 0 Å². The standard InChI is InChI=1S/C17H26N3O15P/c18-9-1-2-20(16(29)19-9)14-12(26)11(25)8(33-14)5-32-36(30,31)35-17(15(27)28)3-6(22)10(24)13(34-17)7(23)4-21/h1-2,6-8,10-14,21-26H,3-5H2,(H,27,28)(H,30,31)(H2,18,19,29)/p-2/t6-,7-,8-,10-,11-,12-,13-,14-,17+/m1/s1. The Labute approximate surface area is 201 Å². The Morgan fingerprint density at radius 1 is 1.33 bits per heavy atom. The molecular formula is C17H24N3O15P-2. The van der Waals surface area contributed by atoms with Crippen molar-refractivity contribution in [3.63, 3.8) is 0 Å². The molecule has 204 valence electrons. The average molecular weight is 541 g/mol. The molecule has 2 aliphatic rings. The maximum absolute atomic E-state index is 12.4. The zero-order valence-corrected chi connectivity index (χ0v) is 19.1. The summed E-state index contributed by atoms with van der Waals surface area (Å²) < 4.78 is 32.4. The highest BCUT2D eigenvalue weighted by Crippen LogP contribution is 2.48. The van der Waals surface area contributed by atoms with Crippen molar-refractivity contribution in [3.8, 4) is 0 Å². The molecule has 0 saturated carbocycles. The maximum atomic E-state index is 12.4. The number of phosphoric acid groups is 1. The molecule has 0 radical (unpaired) electrons. The number of aromatic nitrogens is 2. The van der Waals surface area contributed by atoms with E-state index in [4.69, 9.17) is 20.3 Å². The van der Waals surface area contributed by atoms with Gasteiger partial charge in [0.2, 0.25) is 5.79 Å². The van der Waals surface area contributed by atoms with Gasteiger partial charge in [-0.05, 0) is 6.07 Å². The van der Waals surface area contributed by atoms with Gasteiger partial charge in [0.15, 0.2) is 6.23 Å². The summed E-state index contributed by atoms with van der Waals surface area (Å²) >= 11 is 0. The molecule has 0 amide bonds. The first kappa shape index (κ1) is 28.5. The molecule has 8 N–H and O–H groups in total. The number of anilines is 1. The van der Waals surface area contributed by atoms with Crippen LogP contribution in [0.15, 0.2) is 17.1 Å². The van der Waals surface area contributed by atoms with Gasteiger partial charge in [-0.1, -0.05) is 0 Å². The first-order valence-corrected chi connectivity index (χ1v) is 11.7. The number of hydrogen-bond donors (Lipinski definition) is 7. The minimum atomic E-state index is -5.70. The monoisotopic (exact) mass is 541 g/mol. The summed E-state index contributed by atoms with van der Waals surface area (Å²) in [5, 5.41) is 70.8. The van der Waals surface area contributed by atoms with Crippen LogP contribution < -0.4 is 21.4 Å². The Morgan fingerprint density at radius 3 is 2.58 bits per heavy atom. The fourth-order valence-corrected chi connectivity index (χ4v) is 4.61. The zero-order chi connectivity index (χ0) is 27.0. The van der Waals surface area contributed by atoms with Crippen molar-refractivity contribution >= 4 is 19.6 Å². The van der Waals surface area contributed by atoms with E-state index in [0.717, 1.165) is 10.8 Å². The van der Waals surface area contributed by atoms with Crippen LogP contribution >= 0.6 is 7.82 Å². The Balaban J connectivity index is 1.73. The van der Waals surface area contributed by atoms with Gasteiger partial charge in [0, 0.05) is 12.6 Å². The van der Waals surface area contributed by atoms with Gasteiger partial charge in [0.05, 0.1) is 19.3 Å². The molecule has 10 atom stereocenters. The molecule has 19 heteroatoms. The van der Waals surface area contributed by atoms with Gasteiger partial charge < -0.3 is 65.2 Å². The molecule has 36 heavy (non-hydrogen) atoms. The quantitative estimate of drug-likeness (QED) is 0.143. The van der Waals surface area contributed by atoms with Crippen molar-refractivity contribution in [3.05, 3.63) is 22.7 Å². The van der Waals surface area contributed by atoms with Crippen LogP contribution in [-0.4, -0.2) is 108 Å². The number of nitrogens with two attached hydrogens (primary N) is 1. The van der Waals surface area contributed by atoms with Crippen LogP contribution in [0, 0.1) is 0 Å². The number of carbonyl (C=O) groups is 1. The van der Waals surface area contributed by atoms with Crippen LogP contribution in [0.25, 0.3) is 0 Å². The molecule has 1 aromatic rings. The SMILES string of the molecule is Nc1ccn([C@@H]2O[C@H](COP(=O)([O-])O[C@]3(C(=O)[O-])C[C@@H](O)[C@@H](O)[C@@H]([C@H](O)CO)O3)[C@@H](O)[C@H]2O)c(=O)n1. The minimum Gasteiger partial charge on any atom is -0.756 e. The van der Waals surface area contributed by atoms with Crippen LogP contribution in [0.1, 0.15) is 12.6 Å². The third kappa shape index (κ3) is 5.75. The van der Waals surface area contributed by atoms with Crippen molar-refractivity contribution in [1.82, 2.24) is 9.55 Å². The molecule has 3 heterocycles. The lowest BCUT2D eigenvalue weighted by Crippen LogP contribution is -2.65. The lowest BCUT2D eigenvalue weighted by Gasteiger charge is -2.48. The summed E-state index contributed by atoms with van der Waals surface area (Å²) in [6.07, 6.45) is -14.6. The number of carboxylic acids is 1. The topological polar surface area (TPSA) is 299 Å². The molecule has 2 aliphatic heterocycles. The number of rotatable bonds is 9. The molecule has 2 saturated heterocycles. The first-order chi connectivity index (χ1) is 16.7. The Kier molecular flexibility index (Phi) is 8.50. The molecule has 1 aromatic heterocycles. The zero-order valence-electron chi connectivity index (χ0n) is 18.2. The molecule has 2 fully saturated rings. The number of ether oxygens (including phenoxy) is 2. The summed E-state index contributed by atoms with van der Waals surface area (Å²) in [4.78, 5) is 39.5. The van der Waals surface area contributed by atoms with Crippen molar-refractivity contribution in [2.75, 3.05) is 18.9 Å². The van der Waals surface area contributed by atoms with Gasteiger partial charge in [-0.2, -0.15) is 4.98 Å². The number of carboxylic acid groups (broad SMARTS) is 1. The number of aliphatic carboxylic acids is 1. The third-order valence-corrected chi connectivity index (χ3v) is 6.52. The van der Waals surface area contributed by atoms with Crippen molar-refractivity contribution in [2.45, 2.75) is 61.2 Å². The highest BCUT2D eigenvalue weighted by molar-refractivity contribution is 7.45. The second kappa shape index (κ2) is 10.7. The van der Waals surface area contributed by atoms with Gasteiger partial charge >= 0.3 is 5.69 Å². The Bertz CT molecular complexity index is 1060. The third-order valence-electron chi connectivity index (χ3n) is 5.53. The Morgan fingerprint density at radius 2 is 2.00 bits per heavy atom. The van der Waals surface area contributed by atoms with Crippen molar-refractivity contribution < 1.29 is 68.5 Å². The number of aliphatic hydroxyl groups excluding tert-OH is 6. The first-order valence-electron chi connectivity index (χ1n) is 10.3.